The van der Waals surface area contributed by atoms with Gasteiger partial charge in [0.05, 0.1) is 5.56 Å². The van der Waals surface area contributed by atoms with E-state index in [1.807, 2.05) is 52.0 Å². The highest BCUT2D eigenvalue weighted by Crippen LogP contribution is 2.36. The second-order valence-corrected chi connectivity index (χ2v) is 10.9. The van der Waals surface area contributed by atoms with E-state index in [-0.39, 0.29) is 23.5 Å². The molecule has 0 aliphatic heterocycles. The molecule has 0 aliphatic rings. The summed E-state index contributed by atoms with van der Waals surface area (Å²) in [4.78, 5) is 36.5. The molecule has 0 aliphatic carbocycles. The first-order valence-electron chi connectivity index (χ1n) is 11.3. The van der Waals surface area contributed by atoms with Crippen LogP contribution in [0.15, 0.2) is 30.3 Å². The Balaban J connectivity index is 2.11. The SMILES string of the molecule is CC(C)CC(NCc1ccc(C(C)c2cc(C(N)=O)c(NC(N)=O)s2)cc1)C(=O)OC(C)(C)C. The van der Waals surface area contributed by atoms with Crippen molar-refractivity contribution in [2.24, 2.45) is 17.4 Å². The number of rotatable bonds is 10. The monoisotopic (exact) mass is 488 g/mol. The van der Waals surface area contributed by atoms with Crippen LogP contribution in [0.5, 0.6) is 0 Å². The van der Waals surface area contributed by atoms with E-state index in [1.165, 1.54) is 11.3 Å². The molecule has 186 valence electrons. The number of anilines is 1. The van der Waals surface area contributed by atoms with Crippen LogP contribution in [0.4, 0.5) is 9.80 Å². The van der Waals surface area contributed by atoms with Crippen LogP contribution < -0.4 is 22.1 Å². The third-order valence-electron chi connectivity index (χ3n) is 5.11. The minimum absolute atomic E-state index is 0.0241. The maximum Gasteiger partial charge on any atom is 0.323 e. The molecule has 8 nitrogen and oxygen atoms in total. The molecule has 0 radical (unpaired) electrons. The van der Waals surface area contributed by atoms with Crippen LogP contribution in [0.1, 0.15) is 80.2 Å². The summed E-state index contributed by atoms with van der Waals surface area (Å²) >= 11 is 1.27. The van der Waals surface area contributed by atoms with E-state index in [0.29, 0.717) is 23.9 Å². The first kappa shape index (κ1) is 27.3. The average molecular weight is 489 g/mol. The molecule has 3 amide bonds. The predicted molar refractivity (Wildman–Crippen MR) is 136 cm³/mol. The zero-order chi connectivity index (χ0) is 25.6. The van der Waals surface area contributed by atoms with Gasteiger partial charge in [0.2, 0.25) is 0 Å². The summed E-state index contributed by atoms with van der Waals surface area (Å²) < 4.78 is 5.57. The van der Waals surface area contributed by atoms with Gasteiger partial charge in [0.15, 0.2) is 0 Å². The predicted octanol–water partition coefficient (Wildman–Crippen LogP) is 4.34. The van der Waals surface area contributed by atoms with Crippen LogP contribution in [-0.2, 0) is 16.1 Å². The van der Waals surface area contributed by atoms with Gasteiger partial charge in [-0.15, -0.1) is 11.3 Å². The lowest BCUT2D eigenvalue weighted by atomic mass is 9.97. The zero-order valence-corrected chi connectivity index (χ0v) is 21.5. The number of ether oxygens (including phenoxy) is 1. The van der Waals surface area contributed by atoms with Gasteiger partial charge in [-0.1, -0.05) is 45.0 Å². The molecular weight excluding hydrogens is 452 g/mol. The molecule has 2 atom stereocenters. The number of hydrogen-bond acceptors (Lipinski definition) is 6. The molecule has 2 aromatic rings. The standard InChI is InChI=1S/C25H36N4O4S/c1-14(2)11-19(23(31)33-25(4,5)6)28-13-16-7-9-17(10-8-16)15(3)20-12-18(21(26)30)22(34-20)29-24(27)32/h7-10,12,14-15,19,28H,11,13H2,1-6H3,(H2,26,30)(H3,27,29,32). The molecule has 0 spiro atoms. The van der Waals surface area contributed by atoms with Crippen molar-refractivity contribution in [1.29, 1.82) is 0 Å². The summed E-state index contributed by atoms with van der Waals surface area (Å²) in [6, 6.07) is 8.59. The Bertz CT molecular complexity index is 1010. The number of amides is 3. The van der Waals surface area contributed by atoms with Crippen molar-refractivity contribution in [2.75, 3.05) is 5.32 Å². The second kappa shape index (κ2) is 11.5. The molecule has 0 bridgehead atoms. The molecule has 34 heavy (non-hydrogen) atoms. The van der Waals surface area contributed by atoms with E-state index >= 15 is 0 Å². The molecule has 2 unspecified atom stereocenters. The maximum absolute atomic E-state index is 12.6. The number of urea groups is 1. The van der Waals surface area contributed by atoms with Gasteiger partial charge in [-0.3, -0.25) is 14.9 Å². The highest BCUT2D eigenvalue weighted by atomic mass is 32.1. The zero-order valence-electron chi connectivity index (χ0n) is 20.7. The molecule has 6 N–H and O–H groups in total. The summed E-state index contributed by atoms with van der Waals surface area (Å²) in [5.74, 6) is -0.544. The Morgan fingerprint density at radius 2 is 1.68 bits per heavy atom. The number of thiophene rings is 1. The van der Waals surface area contributed by atoms with Gasteiger partial charge in [-0.2, -0.15) is 0 Å². The average Bonchev–Trinajstić information content (AvgIpc) is 3.12. The molecule has 2 rings (SSSR count). The number of carbonyl (C=O) groups is 3. The Morgan fingerprint density at radius 3 is 2.18 bits per heavy atom. The highest BCUT2D eigenvalue weighted by Gasteiger charge is 2.25. The largest absolute Gasteiger partial charge is 0.459 e. The number of esters is 1. The van der Waals surface area contributed by atoms with Crippen molar-refractivity contribution in [3.8, 4) is 0 Å². The number of hydrogen-bond donors (Lipinski definition) is 4. The van der Waals surface area contributed by atoms with Crippen molar-refractivity contribution in [1.82, 2.24) is 5.32 Å². The fraction of sp³-hybridized carbons (Fsp3) is 0.480. The summed E-state index contributed by atoms with van der Waals surface area (Å²) in [6.45, 7) is 12.3. The van der Waals surface area contributed by atoms with Crippen molar-refractivity contribution in [3.05, 3.63) is 51.9 Å². The molecule has 9 heteroatoms. The van der Waals surface area contributed by atoms with Crippen LogP contribution in [0.2, 0.25) is 0 Å². The Morgan fingerprint density at radius 1 is 1.06 bits per heavy atom. The normalized spacial score (nSPS) is 13.4. The van der Waals surface area contributed by atoms with Gasteiger partial charge in [0.1, 0.15) is 16.6 Å². The van der Waals surface area contributed by atoms with E-state index in [0.717, 1.165) is 16.0 Å². The van der Waals surface area contributed by atoms with E-state index in [4.69, 9.17) is 16.2 Å². The van der Waals surface area contributed by atoms with Crippen LogP contribution >= 0.6 is 11.3 Å². The fourth-order valence-electron chi connectivity index (χ4n) is 3.45. The number of nitrogens with two attached hydrogens (primary N) is 2. The van der Waals surface area contributed by atoms with E-state index in [2.05, 4.69) is 24.5 Å². The Hall–Kier alpha value is -2.91. The Kier molecular flexibility index (Phi) is 9.23. The number of nitrogens with one attached hydrogen (secondary N) is 2. The van der Waals surface area contributed by atoms with E-state index < -0.39 is 17.5 Å². The first-order chi connectivity index (χ1) is 15.8. The van der Waals surface area contributed by atoms with Crippen LogP contribution in [0, 0.1) is 5.92 Å². The third-order valence-corrected chi connectivity index (χ3v) is 6.34. The third kappa shape index (κ3) is 8.14. The Labute approximate surface area is 205 Å². The van der Waals surface area contributed by atoms with E-state index in [9.17, 15) is 14.4 Å². The van der Waals surface area contributed by atoms with Gasteiger partial charge in [-0.05, 0) is 50.3 Å². The minimum Gasteiger partial charge on any atom is -0.459 e. The van der Waals surface area contributed by atoms with Crippen LogP contribution in [0.25, 0.3) is 0 Å². The summed E-state index contributed by atoms with van der Waals surface area (Å²) in [5, 5.41) is 6.15. The van der Waals surface area contributed by atoms with Crippen molar-refractivity contribution < 1.29 is 19.1 Å². The van der Waals surface area contributed by atoms with Gasteiger partial charge in [0.25, 0.3) is 5.91 Å². The van der Waals surface area contributed by atoms with E-state index in [1.54, 1.807) is 6.07 Å². The molecule has 1 aromatic carbocycles. The lowest BCUT2D eigenvalue weighted by Gasteiger charge is -2.25. The first-order valence-corrected chi connectivity index (χ1v) is 12.1. The van der Waals surface area contributed by atoms with Gasteiger partial charge >= 0.3 is 12.0 Å². The smallest absolute Gasteiger partial charge is 0.323 e. The minimum atomic E-state index is -0.748. The highest BCUT2D eigenvalue weighted by molar-refractivity contribution is 7.16. The summed E-state index contributed by atoms with van der Waals surface area (Å²) in [5.41, 5.74) is 12.4. The molecule has 1 aromatic heterocycles. The number of primary amides is 2. The molecule has 0 fully saturated rings. The lowest BCUT2D eigenvalue weighted by molar-refractivity contribution is -0.158. The van der Waals surface area contributed by atoms with Gasteiger partial charge in [-0.25, -0.2) is 4.79 Å². The van der Waals surface area contributed by atoms with Crippen molar-refractivity contribution in [2.45, 2.75) is 72.1 Å². The number of carbonyl (C=O) groups excluding carboxylic acids is 3. The summed E-state index contributed by atoms with van der Waals surface area (Å²) in [6.07, 6.45) is 0.687. The topological polar surface area (TPSA) is 137 Å². The molecule has 1 heterocycles. The van der Waals surface area contributed by atoms with Crippen LogP contribution in [0.3, 0.4) is 0 Å². The quantitative estimate of drug-likeness (QED) is 0.369. The summed E-state index contributed by atoms with van der Waals surface area (Å²) in [7, 11) is 0. The maximum atomic E-state index is 12.6. The molecule has 0 saturated heterocycles. The fourth-order valence-corrected chi connectivity index (χ4v) is 4.59. The molecule has 0 saturated carbocycles. The van der Waals surface area contributed by atoms with Crippen molar-refractivity contribution in [3.63, 3.8) is 0 Å². The second-order valence-electron chi connectivity index (χ2n) is 9.80. The van der Waals surface area contributed by atoms with Gasteiger partial charge in [0, 0.05) is 17.3 Å². The van der Waals surface area contributed by atoms with Crippen molar-refractivity contribution >= 4 is 34.2 Å². The van der Waals surface area contributed by atoms with Gasteiger partial charge < -0.3 is 21.5 Å². The molecular formula is C25H36N4O4S. The number of benzene rings is 1. The van der Waals surface area contributed by atoms with Crippen LogP contribution in [-0.4, -0.2) is 29.6 Å². The lowest BCUT2D eigenvalue weighted by Crippen LogP contribution is -2.41.